The van der Waals surface area contributed by atoms with Crippen LogP contribution in [0.1, 0.15) is 58.4 Å². The van der Waals surface area contributed by atoms with Crippen molar-refractivity contribution < 1.29 is 19.5 Å². The van der Waals surface area contributed by atoms with Crippen molar-refractivity contribution in [1.29, 1.82) is 0 Å². The number of hydrogen-bond donors (Lipinski definition) is 3. The summed E-state index contributed by atoms with van der Waals surface area (Å²) in [5.74, 6) is -0.993. The van der Waals surface area contributed by atoms with E-state index in [2.05, 4.69) is 20.6 Å². The van der Waals surface area contributed by atoms with E-state index in [1.54, 1.807) is 31.2 Å². The molecule has 0 saturated carbocycles. The maximum Gasteiger partial charge on any atom is 0.305 e. The Morgan fingerprint density at radius 1 is 1.11 bits per heavy atom. The SMILES string of the molecule is Cc1ncc(C(=O)Nc2ccc(C(=O)NCCC(=O)O)cc2)c(C(C)C)n1. The summed E-state index contributed by atoms with van der Waals surface area (Å²) in [7, 11) is 0. The molecule has 0 aliphatic heterocycles. The number of aliphatic carboxylic acids is 1. The monoisotopic (exact) mass is 370 g/mol. The first-order chi connectivity index (χ1) is 12.8. The quantitative estimate of drug-likeness (QED) is 0.688. The Bertz CT molecular complexity index is 847. The molecule has 2 rings (SSSR count). The maximum atomic E-state index is 12.5. The van der Waals surface area contributed by atoms with E-state index < -0.39 is 5.97 Å². The average molecular weight is 370 g/mol. The Hall–Kier alpha value is -3.29. The van der Waals surface area contributed by atoms with Gasteiger partial charge in [0.15, 0.2) is 0 Å². The number of carboxylic acids is 1. The lowest BCUT2D eigenvalue weighted by Crippen LogP contribution is -2.26. The summed E-state index contributed by atoms with van der Waals surface area (Å²) in [5.41, 5.74) is 1.98. The van der Waals surface area contributed by atoms with Crippen LogP contribution in [0.5, 0.6) is 0 Å². The minimum absolute atomic E-state index is 0.0536. The molecule has 0 spiro atoms. The molecule has 0 fully saturated rings. The third-order valence-corrected chi connectivity index (χ3v) is 3.76. The summed E-state index contributed by atoms with van der Waals surface area (Å²) < 4.78 is 0. The molecular weight excluding hydrogens is 348 g/mol. The first kappa shape index (κ1) is 20.0. The minimum atomic E-state index is -0.978. The van der Waals surface area contributed by atoms with Crippen molar-refractivity contribution in [3.05, 3.63) is 53.1 Å². The van der Waals surface area contributed by atoms with Gasteiger partial charge in [0, 0.05) is 24.0 Å². The topological polar surface area (TPSA) is 121 Å². The zero-order chi connectivity index (χ0) is 20.0. The number of amides is 2. The van der Waals surface area contributed by atoms with Crippen LogP contribution >= 0.6 is 0 Å². The third-order valence-electron chi connectivity index (χ3n) is 3.76. The first-order valence-electron chi connectivity index (χ1n) is 8.53. The Morgan fingerprint density at radius 2 is 1.78 bits per heavy atom. The van der Waals surface area contributed by atoms with Crippen molar-refractivity contribution in [3.63, 3.8) is 0 Å². The number of carbonyl (C=O) groups excluding carboxylic acids is 2. The highest BCUT2D eigenvalue weighted by Gasteiger charge is 2.17. The first-order valence-corrected chi connectivity index (χ1v) is 8.53. The number of nitrogens with one attached hydrogen (secondary N) is 2. The summed E-state index contributed by atoms with van der Waals surface area (Å²) in [5, 5.41) is 13.9. The van der Waals surface area contributed by atoms with E-state index in [1.807, 2.05) is 13.8 Å². The molecule has 0 unspecified atom stereocenters. The number of carboxylic acid groups (broad SMARTS) is 1. The fourth-order valence-corrected chi connectivity index (χ4v) is 2.39. The Labute approximate surface area is 157 Å². The maximum absolute atomic E-state index is 12.5. The highest BCUT2D eigenvalue weighted by molar-refractivity contribution is 6.05. The van der Waals surface area contributed by atoms with E-state index in [0.29, 0.717) is 28.3 Å². The molecule has 142 valence electrons. The fourth-order valence-electron chi connectivity index (χ4n) is 2.39. The Kier molecular flexibility index (Phi) is 6.59. The molecule has 2 amide bonds. The van der Waals surface area contributed by atoms with Crippen molar-refractivity contribution in [2.45, 2.75) is 33.1 Å². The molecule has 1 aromatic carbocycles. The lowest BCUT2D eigenvalue weighted by molar-refractivity contribution is -0.136. The van der Waals surface area contributed by atoms with Crippen LogP contribution in [0.4, 0.5) is 5.69 Å². The third kappa shape index (κ3) is 5.60. The molecule has 2 aromatic rings. The van der Waals surface area contributed by atoms with Gasteiger partial charge in [-0.2, -0.15) is 0 Å². The minimum Gasteiger partial charge on any atom is -0.481 e. The normalized spacial score (nSPS) is 10.5. The zero-order valence-corrected chi connectivity index (χ0v) is 15.4. The number of hydrogen-bond acceptors (Lipinski definition) is 5. The van der Waals surface area contributed by atoms with Crippen molar-refractivity contribution in [2.75, 3.05) is 11.9 Å². The molecule has 8 nitrogen and oxygen atoms in total. The molecule has 27 heavy (non-hydrogen) atoms. The van der Waals surface area contributed by atoms with Gasteiger partial charge in [0.1, 0.15) is 5.82 Å². The Balaban J connectivity index is 2.05. The molecule has 8 heteroatoms. The van der Waals surface area contributed by atoms with Crippen molar-refractivity contribution >= 4 is 23.5 Å². The molecule has 1 heterocycles. The van der Waals surface area contributed by atoms with Gasteiger partial charge in [0.2, 0.25) is 0 Å². The molecule has 3 N–H and O–H groups in total. The van der Waals surface area contributed by atoms with E-state index >= 15 is 0 Å². The molecule has 1 aromatic heterocycles. The number of nitrogens with zero attached hydrogens (tertiary/aromatic N) is 2. The lowest BCUT2D eigenvalue weighted by atomic mass is 10.0. The van der Waals surface area contributed by atoms with Crippen molar-refractivity contribution in [3.8, 4) is 0 Å². The highest BCUT2D eigenvalue weighted by Crippen LogP contribution is 2.18. The summed E-state index contributed by atoms with van der Waals surface area (Å²) in [6.07, 6.45) is 1.37. The summed E-state index contributed by atoms with van der Waals surface area (Å²) in [6, 6.07) is 6.32. The van der Waals surface area contributed by atoms with E-state index in [1.165, 1.54) is 6.20 Å². The second-order valence-corrected chi connectivity index (χ2v) is 6.30. The molecule has 0 aliphatic rings. The molecule has 0 bridgehead atoms. The molecule has 0 atom stereocenters. The predicted molar refractivity (Wildman–Crippen MR) is 99.8 cm³/mol. The van der Waals surface area contributed by atoms with Gasteiger partial charge in [0.05, 0.1) is 17.7 Å². The largest absolute Gasteiger partial charge is 0.481 e. The standard InChI is InChI=1S/C19H22N4O4/c1-11(2)17-15(10-21-12(3)22-17)19(27)23-14-6-4-13(5-7-14)18(26)20-9-8-16(24)25/h4-7,10-11H,8-9H2,1-3H3,(H,20,26)(H,23,27)(H,24,25). The number of rotatable bonds is 7. The van der Waals surface area contributed by atoms with Gasteiger partial charge in [-0.3, -0.25) is 14.4 Å². The van der Waals surface area contributed by atoms with Gasteiger partial charge >= 0.3 is 5.97 Å². The molecule has 0 radical (unpaired) electrons. The van der Waals surface area contributed by atoms with E-state index in [4.69, 9.17) is 5.11 Å². The zero-order valence-electron chi connectivity index (χ0n) is 15.4. The average Bonchev–Trinajstić information content (AvgIpc) is 2.61. The number of anilines is 1. The van der Waals surface area contributed by atoms with Gasteiger partial charge in [-0.25, -0.2) is 9.97 Å². The van der Waals surface area contributed by atoms with Crippen molar-refractivity contribution in [1.82, 2.24) is 15.3 Å². The summed E-state index contributed by atoms with van der Waals surface area (Å²) in [4.78, 5) is 43.4. The summed E-state index contributed by atoms with van der Waals surface area (Å²) >= 11 is 0. The number of carbonyl (C=O) groups is 3. The highest BCUT2D eigenvalue weighted by atomic mass is 16.4. The molecular formula is C19H22N4O4. The van der Waals surface area contributed by atoms with E-state index in [-0.39, 0.29) is 30.7 Å². The molecule has 0 aliphatic carbocycles. The number of benzene rings is 1. The van der Waals surface area contributed by atoms with Crippen LogP contribution in [-0.4, -0.2) is 39.4 Å². The van der Waals surface area contributed by atoms with Crippen LogP contribution in [0.2, 0.25) is 0 Å². The second-order valence-electron chi connectivity index (χ2n) is 6.30. The van der Waals surface area contributed by atoms with Gasteiger partial charge < -0.3 is 15.7 Å². The van der Waals surface area contributed by atoms with Crippen LogP contribution in [0.25, 0.3) is 0 Å². The van der Waals surface area contributed by atoms with Gasteiger partial charge in [0.25, 0.3) is 11.8 Å². The van der Waals surface area contributed by atoms with Crippen LogP contribution in [0, 0.1) is 6.92 Å². The second kappa shape index (κ2) is 8.88. The Morgan fingerprint density at radius 3 is 2.37 bits per heavy atom. The fraction of sp³-hybridized carbons (Fsp3) is 0.316. The van der Waals surface area contributed by atoms with Crippen molar-refractivity contribution in [2.24, 2.45) is 0 Å². The van der Waals surface area contributed by atoms with Gasteiger partial charge in [-0.05, 0) is 37.1 Å². The van der Waals surface area contributed by atoms with Gasteiger partial charge in [-0.1, -0.05) is 13.8 Å². The van der Waals surface area contributed by atoms with Gasteiger partial charge in [-0.15, -0.1) is 0 Å². The number of aromatic nitrogens is 2. The van der Waals surface area contributed by atoms with E-state index in [0.717, 1.165) is 0 Å². The van der Waals surface area contributed by atoms with E-state index in [9.17, 15) is 14.4 Å². The van der Waals surface area contributed by atoms with Crippen LogP contribution in [-0.2, 0) is 4.79 Å². The van der Waals surface area contributed by atoms with Crippen LogP contribution in [0.3, 0.4) is 0 Å². The molecule has 0 saturated heterocycles. The number of aryl methyl sites for hydroxylation is 1. The smallest absolute Gasteiger partial charge is 0.305 e. The summed E-state index contributed by atoms with van der Waals surface area (Å²) in [6.45, 7) is 5.73. The predicted octanol–water partition coefficient (Wildman–Crippen LogP) is 2.37. The van der Waals surface area contributed by atoms with Crippen LogP contribution in [0.15, 0.2) is 30.5 Å². The van der Waals surface area contributed by atoms with Crippen LogP contribution < -0.4 is 10.6 Å². The lowest BCUT2D eigenvalue weighted by Gasteiger charge is -2.12.